The Balaban J connectivity index is 1.83. The van der Waals surface area contributed by atoms with Crippen molar-refractivity contribution in [2.24, 2.45) is 0 Å². The summed E-state index contributed by atoms with van der Waals surface area (Å²) in [6.45, 7) is 1.99. The lowest BCUT2D eigenvalue weighted by atomic mass is 10.0. The van der Waals surface area contributed by atoms with Crippen LogP contribution in [0.15, 0.2) is 59.1 Å². The number of hydrogen-bond acceptors (Lipinski definition) is 5. The van der Waals surface area contributed by atoms with E-state index in [2.05, 4.69) is 10.1 Å². The minimum absolute atomic E-state index is 0.135. The van der Waals surface area contributed by atoms with Gasteiger partial charge in [0, 0.05) is 5.56 Å². The summed E-state index contributed by atoms with van der Waals surface area (Å²) in [4.78, 5) is 15.6. The molecule has 0 spiro atoms. The molecule has 0 saturated heterocycles. The lowest BCUT2D eigenvalue weighted by molar-refractivity contribution is 0.0470. The quantitative estimate of drug-likeness (QED) is 0.688. The summed E-state index contributed by atoms with van der Waals surface area (Å²) in [6.07, 6.45) is 0. The average Bonchev–Trinajstić information content (AvgIpc) is 3.06. The maximum atomic E-state index is 11.5. The van der Waals surface area contributed by atoms with E-state index in [1.807, 2.05) is 54.6 Å². The second-order valence-electron chi connectivity index (χ2n) is 4.59. The fourth-order valence-electron chi connectivity index (χ4n) is 2.06. The van der Waals surface area contributed by atoms with Crippen LogP contribution in [0.3, 0.4) is 0 Å². The average molecular weight is 294 g/mol. The molecule has 110 valence electrons. The van der Waals surface area contributed by atoms with E-state index >= 15 is 0 Å². The normalized spacial score (nSPS) is 10.4. The Morgan fingerprint density at radius 3 is 2.32 bits per heavy atom. The highest BCUT2D eigenvalue weighted by Crippen LogP contribution is 2.23. The Morgan fingerprint density at radius 2 is 1.64 bits per heavy atom. The van der Waals surface area contributed by atoms with Crippen LogP contribution in [0.4, 0.5) is 0 Å². The number of carbonyl (C=O) groups excluding carboxylic acids is 1. The molecule has 0 bridgehead atoms. The summed E-state index contributed by atoms with van der Waals surface area (Å²) in [5.74, 6) is -0.381. The number of rotatable bonds is 4. The molecule has 1 heterocycles. The summed E-state index contributed by atoms with van der Waals surface area (Å²) in [6, 6.07) is 17.8. The van der Waals surface area contributed by atoms with Crippen LogP contribution in [-0.4, -0.2) is 22.7 Å². The van der Waals surface area contributed by atoms with Crippen molar-refractivity contribution < 1.29 is 14.1 Å². The van der Waals surface area contributed by atoms with Gasteiger partial charge in [-0.25, -0.2) is 4.79 Å². The molecule has 0 atom stereocenters. The van der Waals surface area contributed by atoms with Gasteiger partial charge in [-0.1, -0.05) is 59.8 Å². The third-order valence-electron chi connectivity index (χ3n) is 3.13. The van der Waals surface area contributed by atoms with E-state index in [-0.39, 0.29) is 12.5 Å². The number of benzene rings is 2. The minimum Gasteiger partial charge on any atom is -0.459 e. The van der Waals surface area contributed by atoms with E-state index in [9.17, 15) is 4.79 Å². The van der Waals surface area contributed by atoms with Gasteiger partial charge in [0.2, 0.25) is 5.82 Å². The van der Waals surface area contributed by atoms with Gasteiger partial charge >= 0.3 is 11.9 Å². The largest absolute Gasteiger partial charge is 0.459 e. The molecule has 0 unspecified atom stereocenters. The summed E-state index contributed by atoms with van der Waals surface area (Å²) >= 11 is 0. The number of ether oxygens (including phenoxy) is 1. The van der Waals surface area contributed by atoms with Crippen molar-refractivity contribution in [3.05, 3.63) is 60.5 Å². The number of nitrogens with zero attached hydrogens (tertiary/aromatic N) is 2. The van der Waals surface area contributed by atoms with Crippen molar-refractivity contribution in [1.29, 1.82) is 0 Å². The highest BCUT2D eigenvalue weighted by Gasteiger charge is 2.16. The Bertz CT molecular complexity index is 764. The van der Waals surface area contributed by atoms with Crippen LogP contribution in [0.1, 0.15) is 17.6 Å². The maximum absolute atomic E-state index is 11.5. The molecule has 0 aliphatic heterocycles. The second kappa shape index (κ2) is 6.22. The van der Waals surface area contributed by atoms with Crippen molar-refractivity contribution in [2.75, 3.05) is 6.61 Å². The molecule has 22 heavy (non-hydrogen) atoms. The molecule has 0 aliphatic rings. The molecule has 3 aromatic rings. The number of carbonyl (C=O) groups is 1. The highest BCUT2D eigenvalue weighted by atomic mass is 16.6. The summed E-state index contributed by atoms with van der Waals surface area (Å²) < 4.78 is 9.73. The molecule has 2 aromatic carbocycles. The Labute approximate surface area is 127 Å². The SMILES string of the molecule is CCOC(=O)c1nc(-c2ccc(-c3ccccc3)cc2)no1. The number of hydrogen-bond donors (Lipinski definition) is 0. The first-order valence-corrected chi connectivity index (χ1v) is 6.94. The maximum Gasteiger partial charge on any atom is 0.397 e. The molecule has 0 amide bonds. The second-order valence-corrected chi connectivity index (χ2v) is 4.59. The Morgan fingerprint density at radius 1 is 1.00 bits per heavy atom. The summed E-state index contributed by atoms with van der Waals surface area (Å²) in [5.41, 5.74) is 3.01. The van der Waals surface area contributed by atoms with Crippen molar-refractivity contribution >= 4 is 5.97 Å². The lowest BCUT2D eigenvalue weighted by Crippen LogP contribution is -2.04. The van der Waals surface area contributed by atoms with Gasteiger partial charge in [0.1, 0.15) is 0 Å². The molecule has 0 saturated carbocycles. The molecule has 5 heteroatoms. The zero-order chi connectivity index (χ0) is 15.4. The van der Waals surface area contributed by atoms with Crippen LogP contribution < -0.4 is 0 Å². The lowest BCUT2D eigenvalue weighted by Gasteiger charge is -2.01. The first-order chi connectivity index (χ1) is 10.8. The Kier molecular flexibility index (Phi) is 3.96. The van der Waals surface area contributed by atoms with Gasteiger partial charge in [0.15, 0.2) is 0 Å². The van der Waals surface area contributed by atoms with Crippen LogP contribution in [0, 0.1) is 0 Å². The molecule has 0 radical (unpaired) electrons. The first kappa shape index (κ1) is 14.0. The fraction of sp³-hybridized carbons (Fsp3) is 0.118. The van der Waals surface area contributed by atoms with Gasteiger partial charge in [0.05, 0.1) is 6.61 Å². The molecular weight excluding hydrogens is 280 g/mol. The third kappa shape index (κ3) is 2.88. The van der Waals surface area contributed by atoms with Gasteiger partial charge in [-0.3, -0.25) is 0 Å². The van der Waals surface area contributed by atoms with E-state index in [1.54, 1.807) is 6.92 Å². The van der Waals surface area contributed by atoms with Gasteiger partial charge in [-0.15, -0.1) is 0 Å². The molecule has 0 fully saturated rings. The minimum atomic E-state index is -0.609. The topological polar surface area (TPSA) is 65.2 Å². The third-order valence-corrected chi connectivity index (χ3v) is 3.13. The predicted molar refractivity (Wildman–Crippen MR) is 81.1 cm³/mol. The van der Waals surface area contributed by atoms with E-state index in [1.165, 1.54) is 0 Å². The van der Waals surface area contributed by atoms with Gasteiger partial charge in [-0.2, -0.15) is 4.98 Å². The van der Waals surface area contributed by atoms with Gasteiger partial charge in [-0.05, 0) is 18.1 Å². The van der Waals surface area contributed by atoms with Crippen molar-refractivity contribution in [3.8, 4) is 22.5 Å². The van der Waals surface area contributed by atoms with E-state index < -0.39 is 5.97 Å². The molecule has 0 N–H and O–H groups in total. The zero-order valence-corrected chi connectivity index (χ0v) is 12.0. The monoisotopic (exact) mass is 294 g/mol. The summed E-state index contributed by atoms with van der Waals surface area (Å²) in [5, 5.41) is 3.81. The number of aromatic nitrogens is 2. The summed E-state index contributed by atoms with van der Waals surface area (Å²) in [7, 11) is 0. The van der Waals surface area contributed by atoms with Gasteiger partial charge < -0.3 is 9.26 Å². The van der Waals surface area contributed by atoms with Crippen LogP contribution in [0.25, 0.3) is 22.5 Å². The van der Waals surface area contributed by atoms with Crippen LogP contribution in [-0.2, 0) is 4.74 Å². The van der Waals surface area contributed by atoms with Crippen molar-refractivity contribution in [1.82, 2.24) is 10.1 Å². The van der Waals surface area contributed by atoms with E-state index in [4.69, 9.17) is 9.26 Å². The smallest absolute Gasteiger partial charge is 0.397 e. The molecule has 0 aliphatic carbocycles. The van der Waals surface area contributed by atoms with E-state index in [0.29, 0.717) is 5.82 Å². The van der Waals surface area contributed by atoms with Crippen molar-refractivity contribution in [3.63, 3.8) is 0 Å². The molecule has 3 rings (SSSR count). The number of esters is 1. The predicted octanol–water partition coefficient (Wildman–Crippen LogP) is 3.58. The van der Waals surface area contributed by atoms with Gasteiger partial charge in [0.25, 0.3) is 0 Å². The van der Waals surface area contributed by atoms with Crippen LogP contribution in [0.5, 0.6) is 0 Å². The Hall–Kier alpha value is -2.95. The molecular formula is C17H14N2O3. The first-order valence-electron chi connectivity index (χ1n) is 6.94. The molecule has 1 aromatic heterocycles. The standard InChI is InChI=1S/C17H14N2O3/c1-2-21-17(20)16-18-15(19-22-16)14-10-8-13(9-11-14)12-6-4-3-5-7-12/h3-11H,2H2,1H3. The van der Waals surface area contributed by atoms with Crippen LogP contribution in [0.2, 0.25) is 0 Å². The van der Waals surface area contributed by atoms with Crippen LogP contribution >= 0.6 is 0 Å². The van der Waals surface area contributed by atoms with Crippen molar-refractivity contribution in [2.45, 2.75) is 6.92 Å². The zero-order valence-electron chi connectivity index (χ0n) is 12.0. The highest BCUT2D eigenvalue weighted by molar-refractivity contribution is 5.84. The van der Waals surface area contributed by atoms with E-state index in [0.717, 1.165) is 16.7 Å². The fourth-order valence-corrected chi connectivity index (χ4v) is 2.06. The molecule has 5 nitrogen and oxygen atoms in total.